The number of rotatable bonds is 3. The first-order chi connectivity index (χ1) is 13.6. The van der Waals surface area contributed by atoms with Gasteiger partial charge in [-0.2, -0.15) is 4.52 Å². The van der Waals surface area contributed by atoms with E-state index in [2.05, 4.69) is 48.1 Å². The van der Waals surface area contributed by atoms with E-state index in [9.17, 15) is 8.78 Å². The number of thiophene rings is 1. The molecule has 4 aromatic heterocycles. The molecule has 11 heteroatoms. The highest BCUT2D eigenvalue weighted by atomic mass is 32.1. The summed E-state index contributed by atoms with van der Waals surface area (Å²) in [7, 11) is 0. The van der Waals surface area contributed by atoms with E-state index < -0.39 is 12.2 Å². The number of aryl methyl sites for hydroxylation is 1. The minimum Gasteiger partial charge on any atom is -0.352 e. The number of piperazine rings is 1. The van der Waals surface area contributed by atoms with Gasteiger partial charge in [0.25, 0.3) is 6.43 Å². The predicted molar refractivity (Wildman–Crippen MR) is 102 cm³/mol. The maximum absolute atomic E-state index is 13.1. The fourth-order valence-corrected chi connectivity index (χ4v) is 4.31. The minimum absolute atomic E-state index is 0.314. The van der Waals surface area contributed by atoms with Crippen LogP contribution in [0.4, 0.5) is 20.4 Å². The van der Waals surface area contributed by atoms with Gasteiger partial charge < -0.3 is 9.80 Å². The van der Waals surface area contributed by atoms with Gasteiger partial charge in [-0.1, -0.05) is 0 Å². The van der Waals surface area contributed by atoms with Gasteiger partial charge in [0.15, 0.2) is 5.65 Å². The Morgan fingerprint density at radius 3 is 2.61 bits per heavy atom. The Labute approximate surface area is 162 Å². The highest BCUT2D eigenvalue weighted by Gasteiger charge is 2.23. The van der Waals surface area contributed by atoms with Crippen molar-refractivity contribution < 1.29 is 8.78 Å². The highest BCUT2D eigenvalue weighted by Crippen LogP contribution is 2.30. The Morgan fingerprint density at radius 1 is 1.04 bits per heavy atom. The molecule has 0 amide bonds. The first kappa shape index (κ1) is 17.2. The third kappa shape index (κ3) is 2.82. The van der Waals surface area contributed by atoms with Crippen LogP contribution in [0.3, 0.4) is 0 Å². The summed E-state index contributed by atoms with van der Waals surface area (Å²) in [6.45, 7) is 4.99. The van der Waals surface area contributed by atoms with Crippen LogP contribution in [0.2, 0.25) is 0 Å². The summed E-state index contributed by atoms with van der Waals surface area (Å²) in [6, 6.07) is 5.57. The van der Waals surface area contributed by atoms with Gasteiger partial charge in [-0.05, 0) is 25.1 Å². The quantitative estimate of drug-likeness (QED) is 0.522. The van der Waals surface area contributed by atoms with Crippen molar-refractivity contribution in [2.45, 2.75) is 13.3 Å². The number of aromatic nitrogens is 6. The second-order valence-electron chi connectivity index (χ2n) is 6.57. The normalized spacial score (nSPS) is 15.3. The Morgan fingerprint density at radius 2 is 1.82 bits per heavy atom. The zero-order valence-electron chi connectivity index (χ0n) is 15.0. The predicted octanol–water partition coefficient (Wildman–Crippen LogP) is 2.70. The monoisotopic (exact) mass is 402 g/mol. The van der Waals surface area contributed by atoms with Crippen LogP contribution in [-0.4, -0.2) is 56.0 Å². The van der Waals surface area contributed by atoms with Gasteiger partial charge in [-0.3, -0.25) is 0 Å². The lowest BCUT2D eigenvalue weighted by Crippen LogP contribution is -2.47. The molecule has 0 unspecified atom stereocenters. The van der Waals surface area contributed by atoms with Crippen LogP contribution >= 0.6 is 11.3 Å². The zero-order chi connectivity index (χ0) is 19.3. The molecule has 0 atom stereocenters. The van der Waals surface area contributed by atoms with Gasteiger partial charge >= 0.3 is 0 Å². The van der Waals surface area contributed by atoms with E-state index in [0.717, 1.165) is 33.6 Å². The maximum atomic E-state index is 13.1. The number of nitrogens with zero attached hydrogens (tertiary/aromatic N) is 8. The first-order valence-electron chi connectivity index (χ1n) is 8.82. The van der Waals surface area contributed by atoms with Gasteiger partial charge in [0.05, 0.1) is 5.39 Å². The highest BCUT2D eigenvalue weighted by molar-refractivity contribution is 7.18. The summed E-state index contributed by atoms with van der Waals surface area (Å²) in [6.07, 6.45) is -1.11. The molecular weight excluding hydrogens is 386 g/mol. The molecule has 5 rings (SSSR count). The average molecular weight is 402 g/mol. The van der Waals surface area contributed by atoms with Crippen LogP contribution < -0.4 is 9.80 Å². The summed E-state index contributed by atoms with van der Waals surface area (Å²) in [5, 5.41) is 12.7. The van der Waals surface area contributed by atoms with Crippen molar-refractivity contribution >= 4 is 38.8 Å². The fourth-order valence-electron chi connectivity index (χ4n) is 3.46. The molecule has 144 valence electrons. The summed E-state index contributed by atoms with van der Waals surface area (Å²) in [5.41, 5.74) is 0.314. The van der Waals surface area contributed by atoms with Gasteiger partial charge in [0, 0.05) is 31.1 Å². The van der Waals surface area contributed by atoms with Crippen LogP contribution in [0.1, 0.15) is 17.1 Å². The summed E-state index contributed by atoms with van der Waals surface area (Å²) in [4.78, 5) is 15.3. The Bertz CT molecular complexity index is 1150. The zero-order valence-corrected chi connectivity index (χ0v) is 15.8. The average Bonchev–Trinajstić information content (AvgIpc) is 3.29. The van der Waals surface area contributed by atoms with Crippen molar-refractivity contribution in [2.75, 3.05) is 36.0 Å². The topological polar surface area (TPSA) is 75.3 Å². The lowest BCUT2D eigenvalue weighted by molar-refractivity contribution is 0.137. The number of hydrogen-bond donors (Lipinski definition) is 0. The van der Waals surface area contributed by atoms with Crippen molar-refractivity contribution in [1.82, 2.24) is 29.8 Å². The molecule has 4 aromatic rings. The molecule has 0 N–H and O–H groups in total. The number of anilines is 2. The molecule has 0 bridgehead atoms. The molecule has 1 fully saturated rings. The van der Waals surface area contributed by atoms with Crippen molar-refractivity contribution in [3.05, 3.63) is 35.2 Å². The minimum atomic E-state index is -2.72. The number of fused-ring (bicyclic) bond motifs is 2. The second-order valence-corrected chi connectivity index (χ2v) is 7.80. The first-order valence-corrected chi connectivity index (χ1v) is 9.63. The van der Waals surface area contributed by atoms with Gasteiger partial charge in [0.1, 0.15) is 22.8 Å². The standard InChI is InChI=1S/C17H16F2N8S/c1-10-8-11-15(20-9-21-17(11)28-10)26-6-4-25(5-7-26)13-3-2-12-22-23-16(14(18)19)27(12)24-13/h2-3,8-9,14H,4-7H2,1H3. The molecule has 0 aromatic carbocycles. The third-order valence-corrected chi connectivity index (χ3v) is 5.76. The largest absolute Gasteiger partial charge is 0.352 e. The molecule has 0 saturated carbocycles. The molecule has 0 spiro atoms. The Kier molecular flexibility index (Phi) is 4.04. The second kappa shape index (κ2) is 6.59. The molecule has 1 aliphatic rings. The van der Waals surface area contributed by atoms with Crippen LogP contribution in [0, 0.1) is 6.92 Å². The smallest absolute Gasteiger partial charge is 0.299 e. The Balaban J connectivity index is 1.38. The van der Waals surface area contributed by atoms with E-state index in [1.165, 1.54) is 4.88 Å². The SMILES string of the molecule is Cc1cc2c(N3CCN(c4ccc5nnc(C(F)F)n5n4)CC3)ncnc2s1. The lowest BCUT2D eigenvalue weighted by Gasteiger charge is -2.36. The lowest BCUT2D eigenvalue weighted by atomic mass is 10.2. The van der Waals surface area contributed by atoms with E-state index in [1.54, 1.807) is 29.8 Å². The third-order valence-electron chi connectivity index (χ3n) is 4.80. The van der Waals surface area contributed by atoms with E-state index in [0.29, 0.717) is 24.6 Å². The molecular formula is C17H16F2N8S. The summed E-state index contributed by atoms with van der Waals surface area (Å²) in [5.74, 6) is 1.14. The molecule has 1 saturated heterocycles. The Hall–Kier alpha value is -2.95. The van der Waals surface area contributed by atoms with Crippen molar-refractivity contribution in [3.8, 4) is 0 Å². The number of alkyl halides is 2. The molecule has 5 heterocycles. The molecule has 8 nitrogen and oxygen atoms in total. The van der Waals surface area contributed by atoms with Crippen LogP contribution in [0.25, 0.3) is 15.9 Å². The van der Waals surface area contributed by atoms with Gasteiger partial charge in [0.2, 0.25) is 5.82 Å². The van der Waals surface area contributed by atoms with E-state index >= 15 is 0 Å². The number of halogens is 2. The summed E-state index contributed by atoms with van der Waals surface area (Å²) >= 11 is 1.66. The maximum Gasteiger partial charge on any atom is 0.299 e. The van der Waals surface area contributed by atoms with Crippen LogP contribution in [0.5, 0.6) is 0 Å². The van der Waals surface area contributed by atoms with E-state index in [4.69, 9.17) is 0 Å². The summed E-state index contributed by atoms with van der Waals surface area (Å²) < 4.78 is 27.3. The molecule has 0 aliphatic carbocycles. The van der Waals surface area contributed by atoms with Gasteiger partial charge in [-0.25, -0.2) is 18.7 Å². The van der Waals surface area contributed by atoms with Crippen LogP contribution in [0.15, 0.2) is 24.5 Å². The van der Waals surface area contributed by atoms with Crippen molar-refractivity contribution in [2.24, 2.45) is 0 Å². The molecule has 28 heavy (non-hydrogen) atoms. The van der Waals surface area contributed by atoms with Crippen LogP contribution in [-0.2, 0) is 0 Å². The molecule has 1 aliphatic heterocycles. The number of hydrogen-bond acceptors (Lipinski definition) is 8. The van der Waals surface area contributed by atoms with E-state index in [-0.39, 0.29) is 0 Å². The van der Waals surface area contributed by atoms with Crippen molar-refractivity contribution in [3.63, 3.8) is 0 Å². The fraction of sp³-hybridized carbons (Fsp3) is 0.353. The van der Waals surface area contributed by atoms with Crippen molar-refractivity contribution in [1.29, 1.82) is 0 Å². The van der Waals surface area contributed by atoms with E-state index in [1.807, 2.05) is 0 Å². The van der Waals surface area contributed by atoms with Gasteiger partial charge in [-0.15, -0.1) is 26.6 Å². The molecule has 0 radical (unpaired) electrons.